The van der Waals surface area contributed by atoms with Gasteiger partial charge in [0.1, 0.15) is 17.5 Å². The van der Waals surface area contributed by atoms with Gasteiger partial charge in [-0.15, -0.1) is 0 Å². The molecule has 0 saturated carbocycles. The number of rotatable bonds is 4. The van der Waals surface area contributed by atoms with Crippen LogP contribution in [-0.4, -0.2) is 29.7 Å². The van der Waals surface area contributed by atoms with Gasteiger partial charge in [-0.05, 0) is 51.0 Å². The monoisotopic (exact) mass is 421 g/mol. The number of halogens is 2. The molecule has 1 amide bonds. The topological polar surface area (TPSA) is 38.8 Å². The first-order valence-corrected chi connectivity index (χ1v) is 10.1. The van der Waals surface area contributed by atoms with Crippen molar-refractivity contribution in [1.82, 2.24) is 4.90 Å². The summed E-state index contributed by atoms with van der Waals surface area (Å²) in [4.78, 5) is 14.2. The van der Waals surface area contributed by atoms with Crippen molar-refractivity contribution < 1.29 is 14.3 Å². The third-order valence-electron chi connectivity index (χ3n) is 4.53. The second-order valence-electron chi connectivity index (χ2n) is 8.03. The summed E-state index contributed by atoms with van der Waals surface area (Å²) in [5.74, 6) is 0.745. The molecule has 1 heterocycles. The van der Waals surface area contributed by atoms with Crippen molar-refractivity contribution in [2.24, 2.45) is 5.92 Å². The van der Waals surface area contributed by atoms with E-state index in [1.165, 1.54) is 0 Å². The highest BCUT2D eigenvalue weighted by molar-refractivity contribution is 6.34. The summed E-state index contributed by atoms with van der Waals surface area (Å²) in [6, 6.07) is 15.2. The third kappa shape index (κ3) is 5.55. The zero-order valence-corrected chi connectivity index (χ0v) is 17.8. The van der Waals surface area contributed by atoms with Crippen molar-refractivity contribution >= 4 is 29.3 Å². The highest BCUT2D eigenvalue weighted by atomic mass is 35.5. The van der Waals surface area contributed by atoms with E-state index in [0.29, 0.717) is 28.9 Å². The van der Waals surface area contributed by atoms with Crippen molar-refractivity contribution in [2.75, 3.05) is 13.1 Å². The molecule has 1 aliphatic heterocycles. The second-order valence-corrected chi connectivity index (χ2v) is 8.90. The lowest BCUT2D eigenvalue weighted by Gasteiger charge is -2.27. The molecule has 6 heteroatoms. The summed E-state index contributed by atoms with van der Waals surface area (Å²) in [6.45, 7) is 6.83. The van der Waals surface area contributed by atoms with Gasteiger partial charge in [-0.3, -0.25) is 0 Å². The summed E-state index contributed by atoms with van der Waals surface area (Å²) in [7, 11) is 0. The van der Waals surface area contributed by atoms with Crippen LogP contribution >= 0.6 is 23.2 Å². The van der Waals surface area contributed by atoms with E-state index < -0.39 is 5.60 Å². The maximum atomic E-state index is 12.4. The molecule has 0 radical (unpaired) electrons. The van der Waals surface area contributed by atoms with Gasteiger partial charge in [0.15, 0.2) is 0 Å². The Labute approximate surface area is 176 Å². The van der Waals surface area contributed by atoms with E-state index in [-0.39, 0.29) is 18.1 Å². The number of hydrogen-bond donors (Lipinski definition) is 0. The highest BCUT2D eigenvalue weighted by Crippen LogP contribution is 2.36. The number of ether oxygens (including phenoxy) is 2. The zero-order chi connectivity index (χ0) is 20.3. The van der Waals surface area contributed by atoms with E-state index >= 15 is 0 Å². The Morgan fingerprint density at radius 3 is 2.36 bits per heavy atom. The summed E-state index contributed by atoms with van der Waals surface area (Å²) >= 11 is 12.3. The molecule has 1 aliphatic rings. The molecule has 2 aromatic rings. The smallest absolute Gasteiger partial charge is 0.410 e. The predicted molar refractivity (Wildman–Crippen MR) is 112 cm³/mol. The third-order valence-corrected chi connectivity index (χ3v) is 4.97. The molecule has 0 aliphatic carbocycles. The van der Waals surface area contributed by atoms with Crippen molar-refractivity contribution in [3.8, 4) is 5.75 Å². The first-order chi connectivity index (χ1) is 13.2. The molecule has 0 bridgehead atoms. The Balaban J connectivity index is 1.79. The van der Waals surface area contributed by atoms with E-state index in [1.807, 2.05) is 51.1 Å². The Kier molecular flexibility index (Phi) is 6.41. The minimum Gasteiger partial charge on any atom is -0.485 e. The summed E-state index contributed by atoms with van der Waals surface area (Å²) in [6.07, 6.45) is 0.323. The van der Waals surface area contributed by atoms with Crippen molar-refractivity contribution in [1.29, 1.82) is 0 Å². The maximum Gasteiger partial charge on any atom is 0.410 e. The van der Waals surface area contributed by atoms with Gasteiger partial charge in [0.2, 0.25) is 0 Å². The zero-order valence-electron chi connectivity index (χ0n) is 16.3. The Hall–Kier alpha value is -1.91. The number of carbonyl (C=O) groups is 1. The number of benzene rings is 2. The van der Waals surface area contributed by atoms with Gasteiger partial charge >= 0.3 is 6.09 Å². The van der Waals surface area contributed by atoms with E-state index in [9.17, 15) is 4.79 Å². The fourth-order valence-corrected chi connectivity index (χ4v) is 3.86. The summed E-state index contributed by atoms with van der Waals surface area (Å²) < 4.78 is 11.8. The SMILES string of the molecule is CC(C)(C)OC(=O)N1CCC(C(Oc2cc(Cl)cc(Cl)c2)c2ccccc2)C1. The molecular formula is C22H25Cl2NO3. The quantitative estimate of drug-likeness (QED) is 0.575. The molecule has 1 fully saturated rings. The van der Waals surface area contributed by atoms with E-state index in [0.717, 1.165) is 12.0 Å². The molecule has 2 aromatic carbocycles. The lowest BCUT2D eigenvalue weighted by Crippen LogP contribution is -2.36. The van der Waals surface area contributed by atoms with Gasteiger partial charge in [0, 0.05) is 29.1 Å². The largest absolute Gasteiger partial charge is 0.485 e. The minimum atomic E-state index is -0.512. The van der Waals surface area contributed by atoms with Gasteiger partial charge in [0.25, 0.3) is 0 Å². The van der Waals surface area contributed by atoms with Gasteiger partial charge in [-0.25, -0.2) is 4.79 Å². The maximum absolute atomic E-state index is 12.4. The first kappa shape index (κ1) is 20.8. The molecule has 3 rings (SSSR count). The summed E-state index contributed by atoms with van der Waals surface area (Å²) in [5, 5.41) is 1.05. The van der Waals surface area contributed by atoms with Crippen LogP contribution in [0.3, 0.4) is 0 Å². The summed E-state index contributed by atoms with van der Waals surface area (Å²) in [5.41, 5.74) is 0.539. The fraction of sp³-hybridized carbons (Fsp3) is 0.409. The molecular weight excluding hydrogens is 397 g/mol. The molecule has 28 heavy (non-hydrogen) atoms. The Morgan fingerprint density at radius 1 is 1.11 bits per heavy atom. The number of likely N-dealkylation sites (tertiary alicyclic amines) is 1. The number of nitrogens with zero attached hydrogens (tertiary/aromatic N) is 1. The van der Waals surface area contributed by atoms with Crippen LogP contribution in [0, 0.1) is 5.92 Å². The number of amides is 1. The molecule has 0 N–H and O–H groups in total. The highest BCUT2D eigenvalue weighted by Gasteiger charge is 2.36. The van der Waals surface area contributed by atoms with Crippen molar-refractivity contribution in [3.05, 3.63) is 64.1 Å². The van der Waals surface area contributed by atoms with Crippen LogP contribution in [0.5, 0.6) is 5.75 Å². The van der Waals surface area contributed by atoms with Gasteiger partial charge in [-0.2, -0.15) is 0 Å². The molecule has 1 saturated heterocycles. The Morgan fingerprint density at radius 2 is 1.75 bits per heavy atom. The first-order valence-electron chi connectivity index (χ1n) is 9.37. The van der Waals surface area contributed by atoms with Crippen LogP contribution in [-0.2, 0) is 4.74 Å². The van der Waals surface area contributed by atoms with Gasteiger partial charge in [0.05, 0.1) is 0 Å². The molecule has 2 atom stereocenters. The Bertz CT molecular complexity index is 800. The lowest BCUT2D eigenvalue weighted by atomic mass is 9.95. The van der Waals surface area contributed by atoms with Crippen LogP contribution in [0.15, 0.2) is 48.5 Å². The standard InChI is InChI=1S/C22H25Cl2NO3/c1-22(2,3)28-21(26)25-10-9-16(14-25)20(15-7-5-4-6-8-15)27-19-12-17(23)11-18(24)13-19/h4-8,11-13,16,20H,9-10,14H2,1-3H3. The van der Waals surface area contributed by atoms with Crippen molar-refractivity contribution in [3.63, 3.8) is 0 Å². The molecule has 4 nitrogen and oxygen atoms in total. The number of carbonyl (C=O) groups excluding carboxylic acids is 1. The van der Waals surface area contributed by atoms with Crippen LogP contribution < -0.4 is 4.74 Å². The van der Waals surface area contributed by atoms with E-state index in [4.69, 9.17) is 32.7 Å². The van der Waals surface area contributed by atoms with E-state index in [2.05, 4.69) is 0 Å². The molecule has 0 aromatic heterocycles. The average molecular weight is 422 g/mol. The van der Waals surface area contributed by atoms with Crippen LogP contribution in [0.1, 0.15) is 38.9 Å². The molecule has 2 unspecified atom stereocenters. The van der Waals surface area contributed by atoms with Crippen LogP contribution in [0.25, 0.3) is 0 Å². The molecule has 150 valence electrons. The van der Waals surface area contributed by atoms with E-state index in [1.54, 1.807) is 23.1 Å². The minimum absolute atomic E-state index is 0.132. The fourth-order valence-electron chi connectivity index (χ4n) is 3.35. The predicted octanol–water partition coefficient (Wildman–Crippen LogP) is 6.37. The van der Waals surface area contributed by atoms with Gasteiger partial charge < -0.3 is 14.4 Å². The van der Waals surface area contributed by atoms with Crippen LogP contribution in [0.2, 0.25) is 10.0 Å². The average Bonchev–Trinajstić information content (AvgIpc) is 3.08. The normalized spacial score (nSPS) is 18.0. The molecule has 0 spiro atoms. The number of hydrogen-bond acceptors (Lipinski definition) is 3. The van der Waals surface area contributed by atoms with Gasteiger partial charge in [-0.1, -0.05) is 53.5 Å². The van der Waals surface area contributed by atoms with Crippen LogP contribution in [0.4, 0.5) is 4.79 Å². The lowest BCUT2D eigenvalue weighted by molar-refractivity contribution is 0.0273. The second kappa shape index (κ2) is 8.62. The van der Waals surface area contributed by atoms with Crippen molar-refractivity contribution in [2.45, 2.75) is 38.9 Å².